The maximum atomic E-state index is 4.31. The third-order valence-corrected chi connectivity index (χ3v) is 6.19. The lowest BCUT2D eigenvalue weighted by Crippen LogP contribution is -2.22. The first-order valence-electron chi connectivity index (χ1n) is 12.1. The standard InChI is InChI=1S/C29H47N/c1-10-13-26(14-11-2)29(18-23(7)28-16-22(6)17-28)20-25(9)30-24(8)19-27(15-12-3)21(4)5/h12,15,18-22,26,28,30H,8-11,13-14,16-17H2,1-7H3/b15-12-,23-18+,27-19+,29-20+. The van der Waals surface area contributed by atoms with E-state index in [1.165, 1.54) is 49.7 Å². The second-order valence-electron chi connectivity index (χ2n) is 9.55. The molecule has 1 saturated carbocycles. The van der Waals surface area contributed by atoms with Crippen molar-refractivity contribution in [2.24, 2.45) is 23.7 Å². The molecule has 1 aliphatic carbocycles. The van der Waals surface area contributed by atoms with E-state index >= 15 is 0 Å². The van der Waals surface area contributed by atoms with Crippen LogP contribution in [0.5, 0.6) is 0 Å². The van der Waals surface area contributed by atoms with Crippen molar-refractivity contribution >= 4 is 0 Å². The van der Waals surface area contributed by atoms with Gasteiger partial charge in [-0.2, -0.15) is 0 Å². The zero-order valence-electron chi connectivity index (χ0n) is 20.9. The van der Waals surface area contributed by atoms with Gasteiger partial charge in [0.1, 0.15) is 0 Å². The van der Waals surface area contributed by atoms with Gasteiger partial charge in [-0.15, -0.1) is 0 Å². The molecule has 1 rings (SSSR count). The monoisotopic (exact) mass is 409 g/mol. The van der Waals surface area contributed by atoms with Crippen molar-refractivity contribution in [3.05, 3.63) is 71.7 Å². The molecule has 0 aromatic carbocycles. The quantitative estimate of drug-likeness (QED) is 0.299. The van der Waals surface area contributed by atoms with Crippen LogP contribution in [0.15, 0.2) is 71.7 Å². The Kier molecular flexibility index (Phi) is 11.8. The summed E-state index contributed by atoms with van der Waals surface area (Å²) in [6.45, 7) is 24.3. The molecule has 0 aromatic rings. The van der Waals surface area contributed by atoms with Gasteiger partial charge in [-0.3, -0.25) is 0 Å². The van der Waals surface area contributed by atoms with Crippen LogP contribution in [0, 0.1) is 23.7 Å². The zero-order chi connectivity index (χ0) is 22.7. The molecule has 1 fully saturated rings. The third kappa shape index (κ3) is 8.94. The highest BCUT2D eigenvalue weighted by Crippen LogP contribution is 2.39. The van der Waals surface area contributed by atoms with Gasteiger partial charge in [-0.05, 0) is 86.5 Å². The number of hydrogen-bond acceptors (Lipinski definition) is 1. The van der Waals surface area contributed by atoms with E-state index in [0.717, 1.165) is 23.2 Å². The fraction of sp³-hybridized carbons (Fsp3) is 0.586. The molecule has 1 aliphatic rings. The Morgan fingerprint density at radius 3 is 1.93 bits per heavy atom. The molecule has 1 N–H and O–H groups in total. The van der Waals surface area contributed by atoms with Crippen molar-refractivity contribution < 1.29 is 0 Å². The smallest absolute Gasteiger partial charge is 0.0313 e. The van der Waals surface area contributed by atoms with E-state index in [4.69, 9.17) is 0 Å². The molecular formula is C29H47N. The van der Waals surface area contributed by atoms with Gasteiger partial charge in [-0.1, -0.05) is 84.4 Å². The van der Waals surface area contributed by atoms with E-state index in [0.29, 0.717) is 11.8 Å². The Morgan fingerprint density at radius 2 is 1.50 bits per heavy atom. The highest BCUT2D eigenvalue weighted by atomic mass is 14.9. The predicted molar refractivity (Wildman–Crippen MR) is 136 cm³/mol. The van der Waals surface area contributed by atoms with E-state index in [2.05, 4.69) is 97.3 Å². The maximum Gasteiger partial charge on any atom is 0.0313 e. The molecule has 0 radical (unpaired) electrons. The summed E-state index contributed by atoms with van der Waals surface area (Å²) in [6.07, 6.45) is 18.7. The van der Waals surface area contributed by atoms with Gasteiger partial charge in [-0.25, -0.2) is 0 Å². The van der Waals surface area contributed by atoms with Crippen molar-refractivity contribution in [2.45, 2.75) is 87.0 Å². The third-order valence-electron chi connectivity index (χ3n) is 6.19. The molecule has 0 spiro atoms. The van der Waals surface area contributed by atoms with Crippen LogP contribution in [0.4, 0.5) is 0 Å². The van der Waals surface area contributed by atoms with Crippen LogP contribution < -0.4 is 5.32 Å². The summed E-state index contributed by atoms with van der Waals surface area (Å²) in [7, 11) is 0. The first-order valence-corrected chi connectivity index (χ1v) is 12.1. The molecule has 0 heterocycles. The number of nitrogens with one attached hydrogen (secondary N) is 1. The molecule has 0 amide bonds. The average molecular weight is 410 g/mol. The maximum absolute atomic E-state index is 4.31. The van der Waals surface area contributed by atoms with Gasteiger partial charge >= 0.3 is 0 Å². The SMILES string of the molecule is C=C(/C=C(\C=C/C)C(C)C)NC(=C)/C=C(\C=C(/C)C1CC(C)C1)C(CCC)CCC. The molecule has 0 aliphatic heterocycles. The minimum atomic E-state index is 0.466. The Bertz CT molecular complexity index is 671. The Labute approximate surface area is 187 Å². The molecule has 0 unspecified atom stereocenters. The van der Waals surface area contributed by atoms with Gasteiger partial charge in [0, 0.05) is 11.4 Å². The van der Waals surface area contributed by atoms with Gasteiger partial charge in [0.25, 0.3) is 0 Å². The van der Waals surface area contributed by atoms with Crippen molar-refractivity contribution in [3.63, 3.8) is 0 Å². The topological polar surface area (TPSA) is 12.0 Å². The fourth-order valence-corrected chi connectivity index (χ4v) is 4.39. The largest absolute Gasteiger partial charge is 0.356 e. The second kappa shape index (κ2) is 13.5. The molecule has 1 nitrogen and oxygen atoms in total. The highest BCUT2D eigenvalue weighted by Gasteiger charge is 2.26. The summed E-state index contributed by atoms with van der Waals surface area (Å²) in [6, 6.07) is 0. The second-order valence-corrected chi connectivity index (χ2v) is 9.55. The van der Waals surface area contributed by atoms with E-state index in [1.807, 2.05) is 0 Å². The molecule has 0 atom stereocenters. The minimum absolute atomic E-state index is 0.466. The molecule has 168 valence electrons. The average Bonchev–Trinajstić information content (AvgIpc) is 2.64. The van der Waals surface area contributed by atoms with E-state index in [9.17, 15) is 0 Å². The molecule has 30 heavy (non-hydrogen) atoms. The van der Waals surface area contributed by atoms with Crippen LogP contribution in [0.3, 0.4) is 0 Å². The molecule has 0 aromatic heterocycles. The number of rotatable bonds is 13. The van der Waals surface area contributed by atoms with E-state index in [-0.39, 0.29) is 0 Å². The summed E-state index contributed by atoms with van der Waals surface area (Å²) < 4.78 is 0. The van der Waals surface area contributed by atoms with Crippen LogP contribution in [-0.2, 0) is 0 Å². The first kappa shape index (κ1) is 26.3. The Morgan fingerprint density at radius 1 is 0.967 bits per heavy atom. The van der Waals surface area contributed by atoms with Gasteiger partial charge in [0.05, 0.1) is 0 Å². The van der Waals surface area contributed by atoms with Crippen LogP contribution in [0.2, 0.25) is 0 Å². The van der Waals surface area contributed by atoms with Crippen LogP contribution in [0.1, 0.15) is 87.0 Å². The summed E-state index contributed by atoms with van der Waals surface area (Å²) in [5.41, 5.74) is 6.07. The summed E-state index contributed by atoms with van der Waals surface area (Å²) in [4.78, 5) is 0. The van der Waals surface area contributed by atoms with E-state index < -0.39 is 0 Å². The fourth-order valence-electron chi connectivity index (χ4n) is 4.39. The summed E-state index contributed by atoms with van der Waals surface area (Å²) in [5, 5.41) is 3.43. The highest BCUT2D eigenvalue weighted by molar-refractivity contribution is 5.37. The van der Waals surface area contributed by atoms with Gasteiger partial charge in [0.15, 0.2) is 0 Å². The van der Waals surface area contributed by atoms with Crippen molar-refractivity contribution in [2.75, 3.05) is 0 Å². The summed E-state index contributed by atoms with van der Waals surface area (Å²) >= 11 is 0. The molecule has 1 heteroatoms. The lowest BCUT2D eigenvalue weighted by Gasteiger charge is -2.34. The van der Waals surface area contributed by atoms with Gasteiger partial charge < -0.3 is 5.32 Å². The lowest BCUT2D eigenvalue weighted by molar-refractivity contribution is 0.249. The minimum Gasteiger partial charge on any atom is -0.356 e. The normalized spacial score (nSPS) is 20.8. The van der Waals surface area contributed by atoms with Crippen molar-refractivity contribution in [3.8, 4) is 0 Å². The van der Waals surface area contributed by atoms with Crippen LogP contribution in [0.25, 0.3) is 0 Å². The number of allylic oxidation sites excluding steroid dienone is 8. The van der Waals surface area contributed by atoms with E-state index in [1.54, 1.807) is 5.57 Å². The first-order chi connectivity index (χ1) is 14.2. The zero-order valence-corrected chi connectivity index (χ0v) is 20.9. The Balaban J connectivity index is 3.06. The predicted octanol–water partition coefficient (Wildman–Crippen LogP) is 8.90. The van der Waals surface area contributed by atoms with Gasteiger partial charge in [0.2, 0.25) is 0 Å². The molecule has 0 bridgehead atoms. The number of hydrogen-bond donors (Lipinski definition) is 1. The summed E-state index contributed by atoms with van der Waals surface area (Å²) in [5.74, 6) is 2.71. The molecular weight excluding hydrogens is 362 g/mol. The van der Waals surface area contributed by atoms with Crippen molar-refractivity contribution in [1.82, 2.24) is 5.32 Å². The van der Waals surface area contributed by atoms with Crippen LogP contribution in [-0.4, -0.2) is 0 Å². The Hall–Kier alpha value is -1.76. The van der Waals surface area contributed by atoms with Crippen LogP contribution >= 0.6 is 0 Å². The lowest BCUT2D eigenvalue weighted by atomic mass is 9.72. The molecule has 0 saturated heterocycles. The van der Waals surface area contributed by atoms with Crippen molar-refractivity contribution in [1.29, 1.82) is 0 Å².